The van der Waals surface area contributed by atoms with Crippen molar-refractivity contribution in [1.29, 1.82) is 0 Å². The lowest BCUT2D eigenvalue weighted by atomic mass is 10.5. The Bertz CT molecular complexity index is 58.6. The van der Waals surface area contributed by atoms with E-state index >= 15 is 0 Å². The van der Waals surface area contributed by atoms with Crippen molar-refractivity contribution in [2.24, 2.45) is 0 Å². The van der Waals surface area contributed by atoms with Gasteiger partial charge in [-0.25, -0.2) is 0 Å². The third-order valence-corrected chi connectivity index (χ3v) is 0.185. The molecule has 1 nitrogen and oxygen atoms in total. The fourth-order valence-electron chi connectivity index (χ4n) is 0. The van der Waals surface area contributed by atoms with E-state index in [-0.39, 0.29) is 23.1 Å². The first kappa shape index (κ1) is 9.49. The van der Waals surface area contributed by atoms with Gasteiger partial charge in [0.1, 0.15) is 0 Å². The predicted octanol–water partition coefficient (Wildman–Crippen LogP) is -0.0512. The first-order chi connectivity index (χ1) is 2.27. The maximum atomic E-state index is 9.36. The van der Waals surface area contributed by atoms with Gasteiger partial charge < -0.3 is 0 Å². The van der Waals surface area contributed by atoms with Gasteiger partial charge in [0, 0.05) is 23.1 Å². The molecule has 0 bridgehead atoms. The lowest BCUT2D eigenvalue weighted by Gasteiger charge is -1.61. The average molecular weight is 91.4 g/mol. The van der Waals surface area contributed by atoms with Crippen LogP contribution in [-0.4, -0.2) is 28.8 Å². The van der Waals surface area contributed by atoms with E-state index < -0.39 is 5.78 Å². The Morgan fingerprint density at radius 3 is 2.00 bits per heavy atom. The molecule has 0 atom stereocenters. The second-order valence-electron chi connectivity index (χ2n) is 0.568. The van der Waals surface area contributed by atoms with E-state index in [0.717, 1.165) is 6.08 Å². The molecular weight excluding hydrogens is 88.3 g/mol. The second-order valence-corrected chi connectivity index (χ2v) is 0.568. The molecule has 5 radical (unpaired) electrons. The molecule has 0 unspecified atom stereocenters. The van der Waals surface area contributed by atoms with Crippen LogP contribution in [0.5, 0.6) is 0 Å². The van der Waals surface area contributed by atoms with E-state index in [0.29, 0.717) is 0 Å². The fraction of sp³-hybridized carbons (Fsp3) is 0. The number of hydrogen-bond donors (Lipinski definition) is 0. The van der Waals surface area contributed by atoms with Gasteiger partial charge in [-0.05, 0) is 6.08 Å². The predicted molar refractivity (Wildman–Crippen MR) is 24.2 cm³/mol. The highest BCUT2D eigenvalue weighted by Gasteiger charge is 1.71. The van der Waals surface area contributed by atoms with Crippen LogP contribution < -0.4 is 0 Å². The summed E-state index contributed by atoms with van der Waals surface area (Å²) >= 11 is 0. The van der Waals surface area contributed by atoms with Gasteiger partial charge in [-0.1, -0.05) is 6.58 Å². The van der Waals surface area contributed by atoms with E-state index in [1.165, 1.54) is 0 Å². The number of hydrogen-bond acceptors (Lipinski definition) is 1. The first-order valence-corrected chi connectivity index (χ1v) is 1.15. The third kappa shape index (κ3) is 8.90. The Balaban J connectivity index is 0. The first-order valence-electron chi connectivity index (χ1n) is 1.15. The molecule has 0 aromatic heterocycles. The summed E-state index contributed by atoms with van der Waals surface area (Å²) in [5.74, 6) is -0.731. The van der Waals surface area contributed by atoms with Crippen LogP contribution in [0.4, 0.5) is 0 Å². The summed E-state index contributed by atoms with van der Waals surface area (Å²) < 4.78 is 0. The van der Waals surface area contributed by atoms with Crippen LogP contribution in [0.25, 0.3) is 0 Å². The minimum atomic E-state index is -0.731. The minimum Gasteiger partial charge on any atom is -0.294 e. The fourth-order valence-corrected chi connectivity index (χ4v) is 0. The summed E-state index contributed by atoms with van der Waals surface area (Å²) in [6.45, 7) is 9.09. The lowest BCUT2D eigenvalue weighted by Crippen LogP contribution is -1.75. The van der Waals surface area contributed by atoms with Crippen LogP contribution in [0.15, 0.2) is 12.7 Å². The van der Waals surface area contributed by atoms with Crippen LogP contribution in [0.3, 0.4) is 0 Å². The van der Waals surface area contributed by atoms with Gasteiger partial charge in [0.15, 0.2) is 5.78 Å². The third-order valence-electron chi connectivity index (χ3n) is 0.185. The van der Waals surface area contributed by atoms with Crippen LogP contribution in [0.1, 0.15) is 0 Å². The Morgan fingerprint density at radius 2 is 2.00 bits per heavy atom. The van der Waals surface area contributed by atoms with Crippen molar-refractivity contribution in [3.8, 4) is 0 Å². The molecule has 0 aliphatic heterocycles. The number of ketones is 1. The molecule has 6 heavy (non-hydrogen) atoms. The molecule has 0 fully saturated rings. The van der Waals surface area contributed by atoms with E-state index in [9.17, 15) is 4.79 Å². The molecule has 0 N–H and O–H groups in total. The summed E-state index contributed by atoms with van der Waals surface area (Å²) in [5, 5.41) is 0. The summed E-state index contributed by atoms with van der Waals surface area (Å²) in [5.41, 5.74) is 0. The zero-order valence-electron chi connectivity index (χ0n) is 3.40. The molecular formula is C4H3MgO. The molecule has 0 aromatic rings. The number of rotatable bonds is 1. The molecule has 0 saturated heterocycles. The Hall–Kier alpha value is 0.176. The zero-order valence-corrected chi connectivity index (χ0v) is 4.81. The van der Waals surface area contributed by atoms with E-state index in [1.807, 2.05) is 0 Å². The highest BCUT2D eigenvalue weighted by Crippen LogP contribution is 1.59. The monoisotopic (exact) mass is 91.0 g/mol. The maximum absolute atomic E-state index is 9.36. The Labute approximate surface area is 53.6 Å². The van der Waals surface area contributed by atoms with Gasteiger partial charge in [0.25, 0.3) is 0 Å². The second kappa shape index (κ2) is 5.18. The molecule has 0 heterocycles. The largest absolute Gasteiger partial charge is 0.294 e. The molecule has 0 aromatic carbocycles. The standard InChI is InChI=1S/C4H3O.Mg/c1-3-4(2)5;/h3H,1H2;. The van der Waals surface area contributed by atoms with Crippen molar-refractivity contribution in [3.05, 3.63) is 19.6 Å². The summed E-state index contributed by atoms with van der Waals surface area (Å²) in [7, 11) is 0. The van der Waals surface area contributed by atoms with Crippen molar-refractivity contribution in [2.45, 2.75) is 0 Å². The van der Waals surface area contributed by atoms with E-state index in [4.69, 9.17) is 6.92 Å². The number of carbonyl (C=O) groups is 1. The molecule has 0 spiro atoms. The summed E-state index contributed by atoms with van der Waals surface area (Å²) in [4.78, 5) is 9.36. The van der Waals surface area contributed by atoms with Crippen molar-refractivity contribution in [3.63, 3.8) is 0 Å². The highest BCUT2D eigenvalue weighted by molar-refractivity contribution is 5.92. The van der Waals surface area contributed by atoms with Gasteiger partial charge in [-0.2, -0.15) is 0 Å². The molecule has 0 rings (SSSR count). The molecule has 0 amide bonds. The van der Waals surface area contributed by atoms with Crippen molar-refractivity contribution < 1.29 is 4.79 Å². The smallest absolute Gasteiger partial charge is 0.164 e. The molecule has 2 heteroatoms. The van der Waals surface area contributed by atoms with Crippen LogP contribution >= 0.6 is 0 Å². The van der Waals surface area contributed by atoms with Crippen molar-refractivity contribution in [1.82, 2.24) is 0 Å². The number of carbonyl (C=O) groups excluding carboxylic acids is 1. The minimum absolute atomic E-state index is 0. The quantitative estimate of drug-likeness (QED) is 0.327. The number of allylic oxidation sites excluding steroid dienone is 1. The Morgan fingerprint density at radius 1 is 1.83 bits per heavy atom. The van der Waals surface area contributed by atoms with Gasteiger partial charge in [0.05, 0.1) is 6.92 Å². The van der Waals surface area contributed by atoms with Gasteiger partial charge in [-0.3, -0.25) is 4.79 Å². The average Bonchev–Trinajstić information content (AvgIpc) is 1.38. The molecule has 27 valence electrons. The Kier molecular flexibility index (Phi) is 8.19. The topological polar surface area (TPSA) is 17.1 Å². The molecule has 0 aliphatic rings. The van der Waals surface area contributed by atoms with Crippen molar-refractivity contribution >= 4 is 28.8 Å². The van der Waals surface area contributed by atoms with Crippen LogP contribution in [-0.2, 0) is 4.79 Å². The normalized spacial score (nSPS) is 5.50. The summed E-state index contributed by atoms with van der Waals surface area (Å²) in [6.07, 6.45) is 0.944. The van der Waals surface area contributed by atoms with E-state index in [1.54, 1.807) is 0 Å². The SMILES string of the molecule is [C]C(=O)C=C.[Mg]. The summed E-state index contributed by atoms with van der Waals surface area (Å²) in [6, 6.07) is 0. The van der Waals surface area contributed by atoms with Crippen LogP contribution in [0, 0.1) is 6.92 Å². The van der Waals surface area contributed by atoms with Crippen LogP contribution in [0.2, 0.25) is 0 Å². The van der Waals surface area contributed by atoms with Gasteiger partial charge >= 0.3 is 0 Å². The van der Waals surface area contributed by atoms with Gasteiger partial charge in [0.2, 0.25) is 0 Å². The maximum Gasteiger partial charge on any atom is 0.164 e. The molecule has 0 aliphatic carbocycles. The van der Waals surface area contributed by atoms with E-state index in [2.05, 4.69) is 6.58 Å². The zero-order chi connectivity index (χ0) is 4.28. The highest BCUT2D eigenvalue weighted by atomic mass is 24.3. The van der Waals surface area contributed by atoms with Crippen molar-refractivity contribution in [2.75, 3.05) is 0 Å². The van der Waals surface area contributed by atoms with Gasteiger partial charge in [-0.15, -0.1) is 0 Å². The lowest BCUT2D eigenvalue weighted by molar-refractivity contribution is -0.110. The molecule has 0 saturated carbocycles.